The van der Waals surface area contributed by atoms with Gasteiger partial charge in [-0.15, -0.1) is 12.4 Å². The second-order valence-electron chi connectivity index (χ2n) is 6.18. The van der Waals surface area contributed by atoms with Crippen LogP contribution in [-0.2, 0) is 6.54 Å². The lowest BCUT2D eigenvalue weighted by atomic mass is 10.0. The Morgan fingerprint density at radius 2 is 1.75 bits per heavy atom. The minimum absolute atomic E-state index is 0. The SMILES string of the molecule is CC(C)Oc1ccc(CN2C[C@H]3CNC[C@H]3C2)cc1.Cl. The van der Waals surface area contributed by atoms with Crippen molar-refractivity contribution in [3.8, 4) is 5.75 Å². The Labute approximate surface area is 128 Å². The molecule has 0 aliphatic carbocycles. The summed E-state index contributed by atoms with van der Waals surface area (Å²) in [6, 6.07) is 8.58. The van der Waals surface area contributed by atoms with E-state index in [0.29, 0.717) is 0 Å². The van der Waals surface area contributed by atoms with Crippen LogP contribution in [0.3, 0.4) is 0 Å². The van der Waals surface area contributed by atoms with Gasteiger partial charge in [0.2, 0.25) is 0 Å². The second kappa shape index (κ2) is 6.79. The van der Waals surface area contributed by atoms with Gasteiger partial charge < -0.3 is 10.1 Å². The minimum Gasteiger partial charge on any atom is -0.491 e. The molecule has 0 saturated carbocycles. The summed E-state index contributed by atoms with van der Waals surface area (Å²) >= 11 is 0. The third-order valence-corrected chi connectivity index (χ3v) is 4.17. The van der Waals surface area contributed by atoms with Gasteiger partial charge in [-0.1, -0.05) is 12.1 Å². The number of fused-ring (bicyclic) bond motifs is 1. The van der Waals surface area contributed by atoms with Gasteiger partial charge in [-0.3, -0.25) is 4.90 Å². The van der Waals surface area contributed by atoms with Gasteiger partial charge in [-0.05, 0) is 56.5 Å². The zero-order chi connectivity index (χ0) is 13.2. The number of benzene rings is 1. The topological polar surface area (TPSA) is 24.5 Å². The molecule has 2 heterocycles. The molecule has 1 aromatic carbocycles. The molecule has 0 aromatic heterocycles. The Balaban J connectivity index is 0.00000147. The van der Waals surface area contributed by atoms with Gasteiger partial charge >= 0.3 is 0 Å². The Morgan fingerprint density at radius 3 is 2.30 bits per heavy atom. The van der Waals surface area contributed by atoms with Crippen molar-refractivity contribution >= 4 is 12.4 Å². The van der Waals surface area contributed by atoms with E-state index < -0.39 is 0 Å². The second-order valence-corrected chi connectivity index (χ2v) is 6.18. The number of ether oxygens (including phenoxy) is 1. The van der Waals surface area contributed by atoms with Crippen molar-refractivity contribution in [3.05, 3.63) is 29.8 Å². The number of hydrogen-bond donors (Lipinski definition) is 1. The first kappa shape index (κ1) is 15.6. The fourth-order valence-electron chi connectivity index (χ4n) is 3.29. The molecule has 2 aliphatic heterocycles. The van der Waals surface area contributed by atoms with E-state index in [-0.39, 0.29) is 18.5 Å². The quantitative estimate of drug-likeness (QED) is 0.924. The molecule has 112 valence electrons. The van der Waals surface area contributed by atoms with Crippen molar-refractivity contribution in [2.45, 2.75) is 26.5 Å². The lowest BCUT2D eigenvalue weighted by Gasteiger charge is -2.17. The summed E-state index contributed by atoms with van der Waals surface area (Å²) in [6.07, 6.45) is 0.247. The minimum atomic E-state index is 0. The van der Waals surface area contributed by atoms with Gasteiger partial charge in [0.05, 0.1) is 6.10 Å². The van der Waals surface area contributed by atoms with Crippen LogP contribution in [0.4, 0.5) is 0 Å². The van der Waals surface area contributed by atoms with Crippen molar-refractivity contribution in [1.82, 2.24) is 10.2 Å². The highest BCUT2D eigenvalue weighted by Gasteiger charge is 2.35. The molecule has 0 unspecified atom stereocenters. The van der Waals surface area contributed by atoms with E-state index in [1.165, 1.54) is 31.7 Å². The van der Waals surface area contributed by atoms with Crippen LogP contribution in [0.1, 0.15) is 19.4 Å². The van der Waals surface area contributed by atoms with Crippen LogP contribution >= 0.6 is 12.4 Å². The summed E-state index contributed by atoms with van der Waals surface area (Å²) in [6.45, 7) is 10.1. The first-order valence-corrected chi connectivity index (χ1v) is 7.39. The maximum absolute atomic E-state index is 5.68. The highest BCUT2D eigenvalue weighted by atomic mass is 35.5. The zero-order valence-corrected chi connectivity index (χ0v) is 13.2. The molecule has 0 spiro atoms. The smallest absolute Gasteiger partial charge is 0.119 e. The number of nitrogens with one attached hydrogen (secondary N) is 1. The van der Waals surface area contributed by atoms with E-state index in [1.807, 2.05) is 0 Å². The molecule has 0 radical (unpaired) electrons. The summed E-state index contributed by atoms with van der Waals surface area (Å²) in [4.78, 5) is 2.59. The van der Waals surface area contributed by atoms with E-state index in [1.54, 1.807) is 0 Å². The molecule has 1 aromatic rings. The summed E-state index contributed by atoms with van der Waals surface area (Å²) in [5.41, 5.74) is 1.39. The van der Waals surface area contributed by atoms with E-state index in [9.17, 15) is 0 Å². The number of halogens is 1. The van der Waals surface area contributed by atoms with Gasteiger partial charge in [0.1, 0.15) is 5.75 Å². The van der Waals surface area contributed by atoms with Gasteiger partial charge in [-0.2, -0.15) is 0 Å². The van der Waals surface area contributed by atoms with Gasteiger partial charge in [-0.25, -0.2) is 0 Å². The molecule has 0 amide bonds. The maximum Gasteiger partial charge on any atom is 0.119 e. The van der Waals surface area contributed by atoms with Crippen LogP contribution in [0.25, 0.3) is 0 Å². The van der Waals surface area contributed by atoms with Crippen molar-refractivity contribution in [3.63, 3.8) is 0 Å². The summed E-state index contributed by atoms with van der Waals surface area (Å²) in [7, 11) is 0. The molecule has 4 heteroatoms. The Bertz CT molecular complexity index is 409. The van der Waals surface area contributed by atoms with Crippen molar-refractivity contribution in [1.29, 1.82) is 0 Å². The fourth-order valence-corrected chi connectivity index (χ4v) is 3.29. The maximum atomic E-state index is 5.68. The molecular weight excluding hydrogens is 272 g/mol. The monoisotopic (exact) mass is 296 g/mol. The number of likely N-dealkylation sites (tertiary alicyclic amines) is 1. The number of nitrogens with zero attached hydrogens (tertiary/aromatic N) is 1. The first-order valence-electron chi connectivity index (χ1n) is 7.39. The third-order valence-electron chi connectivity index (χ3n) is 4.17. The van der Waals surface area contributed by atoms with Crippen LogP contribution in [0.5, 0.6) is 5.75 Å². The van der Waals surface area contributed by atoms with Crippen LogP contribution in [0.2, 0.25) is 0 Å². The van der Waals surface area contributed by atoms with E-state index in [4.69, 9.17) is 4.74 Å². The zero-order valence-electron chi connectivity index (χ0n) is 12.3. The standard InChI is InChI=1S/C16H24N2O.ClH/c1-12(2)19-16-5-3-13(4-6-16)9-18-10-14-7-17-8-15(14)11-18;/h3-6,12,14-15,17H,7-11H2,1-2H3;1H/t14-,15+;. The Morgan fingerprint density at radius 1 is 1.15 bits per heavy atom. The van der Waals surface area contributed by atoms with Crippen LogP contribution < -0.4 is 10.1 Å². The molecule has 3 nitrogen and oxygen atoms in total. The molecule has 0 bridgehead atoms. The molecule has 2 saturated heterocycles. The highest BCUT2D eigenvalue weighted by molar-refractivity contribution is 5.85. The Hall–Kier alpha value is -0.770. The molecule has 3 rings (SSSR count). The lowest BCUT2D eigenvalue weighted by molar-refractivity contribution is 0.242. The van der Waals surface area contributed by atoms with Gasteiger partial charge in [0.15, 0.2) is 0 Å². The average Bonchev–Trinajstić information content (AvgIpc) is 2.91. The normalized spacial score (nSPS) is 25.6. The van der Waals surface area contributed by atoms with Crippen molar-refractivity contribution in [2.24, 2.45) is 11.8 Å². The van der Waals surface area contributed by atoms with Gasteiger partial charge in [0.25, 0.3) is 0 Å². The van der Waals surface area contributed by atoms with Gasteiger partial charge in [0, 0.05) is 19.6 Å². The predicted molar refractivity (Wildman–Crippen MR) is 84.6 cm³/mol. The molecule has 20 heavy (non-hydrogen) atoms. The first-order chi connectivity index (χ1) is 9.20. The van der Waals surface area contributed by atoms with Crippen LogP contribution in [0, 0.1) is 11.8 Å². The Kier molecular flexibility index (Phi) is 5.30. The molecular formula is C16H25ClN2O. The van der Waals surface area contributed by atoms with E-state index in [0.717, 1.165) is 24.1 Å². The van der Waals surface area contributed by atoms with Crippen LogP contribution in [0.15, 0.2) is 24.3 Å². The predicted octanol–water partition coefficient (Wildman–Crippen LogP) is 2.55. The average molecular weight is 297 g/mol. The van der Waals surface area contributed by atoms with Crippen LogP contribution in [-0.4, -0.2) is 37.2 Å². The largest absolute Gasteiger partial charge is 0.491 e. The molecule has 2 atom stereocenters. The molecule has 1 N–H and O–H groups in total. The van der Waals surface area contributed by atoms with Crippen molar-refractivity contribution < 1.29 is 4.74 Å². The summed E-state index contributed by atoms with van der Waals surface area (Å²) < 4.78 is 5.68. The third kappa shape index (κ3) is 3.66. The lowest BCUT2D eigenvalue weighted by Crippen LogP contribution is -2.25. The number of rotatable bonds is 4. The summed E-state index contributed by atoms with van der Waals surface area (Å²) in [5.74, 6) is 2.73. The van der Waals surface area contributed by atoms with E-state index in [2.05, 4.69) is 48.3 Å². The summed E-state index contributed by atoms with van der Waals surface area (Å²) in [5, 5.41) is 3.49. The van der Waals surface area contributed by atoms with E-state index >= 15 is 0 Å². The molecule has 2 fully saturated rings. The highest BCUT2D eigenvalue weighted by Crippen LogP contribution is 2.27. The van der Waals surface area contributed by atoms with Crippen molar-refractivity contribution in [2.75, 3.05) is 26.2 Å². The fraction of sp³-hybridized carbons (Fsp3) is 0.625. The number of hydrogen-bond acceptors (Lipinski definition) is 3. The molecule has 2 aliphatic rings.